The van der Waals surface area contributed by atoms with E-state index < -0.39 is 75.6 Å². The van der Waals surface area contributed by atoms with E-state index in [0.717, 1.165) is 43.4 Å². The summed E-state index contributed by atoms with van der Waals surface area (Å²) in [5.41, 5.74) is -2.17. The molecule has 242 valence electrons. The zero-order chi connectivity index (χ0) is 33.8. The highest BCUT2D eigenvalue weighted by molar-refractivity contribution is 5.61. The summed E-state index contributed by atoms with van der Waals surface area (Å²) in [7, 11) is 0. The number of hydrogen-bond donors (Lipinski definition) is 0. The molecule has 3 nitrogen and oxygen atoms in total. The molecule has 46 heavy (non-hydrogen) atoms. The molecule has 4 rings (SSSR count). The number of unbranched alkanes of at least 4 members (excludes halogenated alkanes) is 2. The Morgan fingerprint density at radius 3 is 1.83 bits per heavy atom. The van der Waals surface area contributed by atoms with Crippen molar-refractivity contribution in [2.75, 3.05) is 0 Å². The van der Waals surface area contributed by atoms with Crippen LogP contribution in [0.15, 0.2) is 54.7 Å². The number of aromatic nitrogens is 1. The van der Waals surface area contributed by atoms with Crippen LogP contribution in [0.3, 0.4) is 0 Å². The summed E-state index contributed by atoms with van der Waals surface area (Å²) in [6.45, 7) is 2.07. The Morgan fingerprint density at radius 1 is 0.696 bits per heavy atom. The second kappa shape index (κ2) is 13.7. The van der Waals surface area contributed by atoms with Crippen molar-refractivity contribution in [2.45, 2.75) is 45.1 Å². The van der Waals surface area contributed by atoms with E-state index in [-0.39, 0.29) is 35.5 Å². The topological polar surface area (TPSA) is 31.4 Å². The normalized spacial score (nSPS) is 11.7. The quantitative estimate of drug-likeness (QED) is 0.102. The highest BCUT2D eigenvalue weighted by Gasteiger charge is 2.42. The molecular formula is C32H20F11NO2. The summed E-state index contributed by atoms with van der Waals surface area (Å²) in [5, 5.41) is 0. The molecule has 3 aromatic carbocycles. The first-order chi connectivity index (χ1) is 21.6. The van der Waals surface area contributed by atoms with Crippen LogP contribution in [0.4, 0.5) is 48.3 Å². The van der Waals surface area contributed by atoms with E-state index in [1.807, 2.05) is 0 Å². The summed E-state index contributed by atoms with van der Waals surface area (Å²) >= 11 is 0. The molecule has 0 atom stereocenters. The first-order valence-corrected chi connectivity index (χ1v) is 13.4. The molecule has 1 heterocycles. The van der Waals surface area contributed by atoms with Gasteiger partial charge in [-0.2, -0.15) is 8.78 Å². The van der Waals surface area contributed by atoms with Gasteiger partial charge in [0, 0.05) is 29.5 Å². The summed E-state index contributed by atoms with van der Waals surface area (Å²) in [6.07, 6.45) is -5.05. The number of hydrogen-bond acceptors (Lipinski definition) is 3. The van der Waals surface area contributed by atoms with Crippen LogP contribution in [0.2, 0.25) is 0 Å². The van der Waals surface area contributed by atoms with Crippen LogP contribution >= 0.6 is 0 Å². The predicted molar refractivity (Wildman–Crippen MR) is 143 cm³/mol. The molecule has 0 amide bonds. The van der Waals surface area contributed by atoms with Crippen molar-refractivity contribution in [3.63, 3.8) is 0 Å². The Balaban J connectivity index is 1.55. The maximum atomic E-state index is 14.8. The van der Waals surface area contributed by atoms with Crippen LogP contribution in [-0.4, -0.2) is 11.3 Å². The number of aryl methyl sites for hydroxylation is 1. The SMILES string of the molecule is CCCCCc1ccc(-c2cc(F)c(C#Cc3cc(F)c(C(F)(F)Oc4cc(F)c(OC(F)(F)F)c(F)c4)c(F)c3)c(F)c2)nc1. The largest absolute Gasteiger partial charge is 0.573 e. The Hall–Kier alpha value is -4.80. The Bertz CT molecular complexity index is 1720. The summed E-state index contributed by atoms with van der Waals surface area (Å²) in [6, 6.07) is 5.58. The number of benzene rings is 3. The van der Waals surface area contributed by atoms with E-state index in [1.54, 1.807) is 18.3 Å². The van der Waals surface area contributed by atoms with Gasteiger partial charge < -0.3 is 9.47 Å². The van der Waals surface area contributed by atoms with Gasteiger partial charge in [0.25, 0.3) is 0 Å². The third-order valence-corrected chi connectivity index (χ3v) is 6.33. The number of rotatable bonds is 9. The lowest BCUT2D eigenvalue weighted by Crippen LogP contribution is -2.25. The Labute approximate surface area is 254 Å². The van der Waals surface area contributed by atoms with E-state index in [0.29, 0.717) is 0 Å². The summed E-state index contributed by atoms with van der Waals surface area (Å²) in [5.74, 6) is -9.74. The standard InChI is InChI=1S/C32H20F11NO2/c1-2-3-4-5-17-7-9-28(44-16-17)19-12-22(33)21(23(34)13-19)8-6-18-10-24(35)29(25(36)11-18)31(39,40)45-20-14-26(37)30(27(38)15-20)46-32(41,42)43/h7,9-16H,2-5H2,1H3. The highest BCUT2D eigenvalue weighted by atomic mass is 19.4. The molecule has 0 aliphatic rings. The van der Waals surface area contributed by atoms with Crippen molar-refractivity contribution in [3.8, 4) is 34.6 Å². The van der Waals surface area contributed by atoms with Gasteiger partial charge in [0.05, 0.1) is 11.3 Å². The fraction of sp³-hybridized carbons (Fsp3) is 0.219. The molecule has 0 radical (unpaired) electrons. The van der Waals surface area contributed by atoms with Gasteiger partial charge in [-0.25, -0.2) is 26.3 Å². The van der Waals surface area contributed by atoms with Crippen LogP contribution < -0.4 is 9.47 Å². The molecule has 0 saturated heterocycles. The number of halogens is 11. The third-order valence-electron chi connectivity index (χ3n) is 6.33. The van der Waals surface area contributed by atoms with Crippen molar-refractivity contribution >= 4 is 0 Å². The minimum absolute atomic E-state index is 0.0895. The first-order valence-electron chi connectivity index (χ1n) is 13.4. The predicted octanol–water partition coefficient (Wildman–Crippen LogP) is 9.74. The van der Waals surface area contributed by atoms with Crippen LogP contribution in [0.25, 0.3) is 11.3 Å². The van der Waals surface area contributed by atoms with Gasteiger partial charge in [-0.1, -0.05) is 37.7 Å². The van der Waals surface area contributed by atoms with Crippen LogP contribution in [-0.2, 0) is 12.5 Å². The van der Waals surface area contributed by atoms with E-state index in [9.17, 15) is 48.3 Å². The van der Waals surface area contributed by atoms with Crippen LogP contribution in [0.5, 0.6) is 11.5 Å². The number of pyridine rings is 1. The second-order valence-corrected chi connectivity index (χ2v) is 9.77. The van der Waals surface area contributed by atoms with Gasteiger partial charge >= 0.3 is 12.5 Å². The maximum Gasteiger partial charge on any atom is 0.573 e. The molecule has 14 heteroatoms. The highest BCUT2D eigenvalue weighted by Crippen LogP contribution is 2.38. The fourth-order valence-corrected chi connectivity index (χ4v) is 4.23. The molecule has 0 fully saturated rings. The first kappa shape index (κ1) is 34.1. The fourth-order valence-electron chi connectivity index (χ4n) is 4.23. The van der Waals surface area contributed by atoms with Crippen molar-refractivity contribution < 1.29 is 57.8 Å². The molecule has 0 aliphatic heterocycles. The molecule has 0 saturated carbocycles. The lowest BCUT2D eigenvalue weighted by Gasteiger charge is -2.20. The van der Waals surface area contributed by atoms with E-state index >= 15 is 0 Å². The number of ether oxygens (including phenoxy) is 2. The van der Waals surface area contributed by atoms with E-state index in [2.05, 4.69) is 33.2 Å². The maximum absolute atomic E-state index is 14.8. The smallest absolute Gasteiger partial charge is 0.429 e. The molecule has 0 spiro atoms. The number of alkyl halides is 5. The average molecular weight is 659 g/mol. The second-order valence-electron chi connectivity index (χ2n) is 9.77. The molecule has 0 aliphatic carbocycles. The van der Waals surface area contributed by atoms with Crippen molar-refractivity contribution in [2.24, 2.45) is 0 Å². The zero-order valence-electron chi connectivity index (χ0n) is 23.4. The lowest BCUT2D eigenvalue weighted by molar-refractivity contribution is -0.276. The van der Waals surface area contributed by atoms with Crippen LogP contribution in [0, 0.1) is 46.7 Å². The van der Waals surface area contributed by atoms with E-state index in [1.165, 1.54) is 0 Å². The van der Waals surface area contributed by atoms with Gasteiger partial charge in [0.1, 0.15) is 34.6 Å². The van der Waals surface area contributed by atoms with Gasteiger partial charge in [-0.05, 0) is 48.7 Å². The van der Waals surface area contributed by atoms with Gasteiger partial charge in [-0.3, -0.25) is 4.98 Å². The van der Waals surface area contributed by atoms with E-state index in [4.69, 9.17) is 0 Å². The van der Waals surface area contributed by atoms with Crippen LogP contribution in [0.1, 0.15) is 48.4 Å². The molecule has 0 N–H and O–H groups in total. The zero-order valence-corrected chi connectivity index (χ0v) is 23.4. The van der Waals surface area contributed by atoms with Crippen molar-refractivity contribution in [1.29, 1.82) is 0 Å². The van der Waals surface area contributed by atoms with Crippen molar-refractivity contribution in [1.82, 2.24) is 4.98 Å². The minimum Gasteiger partial charge on any atom is -0.429 e. The lowest BCUT2D eigenvalue weighted by atomic mass is 10.0. The summed E-state index contributed by atoms with van der Waals surface area (Å²) < 4.78 is 160. The number of nitrogens with zero attached hydrogens (tertiary/aromatic N) is 1. The van der Waals surface area contributed by atoms with Gasteiger partial charge in [0.15, 0.2) is 11.6 Å². The average Bonchev–Trinajstić information content (AvgIpc) is 2.94. The van der Waals surface area contributed by atoms with Gasteiger partial charge in [-0.15, -0.1) is 13.2 Å². The molecular weight excluding hydrogens is 639 g/mol. The third kappa shape index (κ3) is 8.26. The minimum atomic E-state index is -5.52. The Kier molecular flexibility index (Phi) is 10.1. The molecule has 0 unspecified atom stereocenters. The van der Waals surface area contributed by atoms with Gasteiger partial charge in [0.2, 0.25) is 5.75 Å². The molecule has 4 aromatic rings. The monoisotopic (exact) mass is 659 g/mol. The molecule has 1 aromatic heterocycles. The Morgan fingerprint density at radius 2 is 1.30 bits per heavy atom. The summed E-state index contributed by atoms with van der Waals surface area (Å²) in [4.78, 5) is 4.22. The molecule has 0 bridgehead atoms. The van der Waals surface area contributed by atoms with Crippen molar-refractivity contribution in [3.05, 3.63) is 112 Å².